The van der Waals surface area contributed by atoms with Crippen LogP contribution in [0.1, 0.15) is 25.3 Å². The Bertz CT molecular complexity index is 521. The van der Waals surface area contributed by atoms with Crippen LogP contribution in [0.5, 0.6) is 0 Å². The van der Waals surface area contributed by atoms with E-state index in [9.17, 15) is 10.1 Å². The number of nitro groups is 1. The topological polar surface area (TPSA) is 67.6 Å². The normalized spacial score (nSPS) is 23.0. The Morgan fingerprint density at radius 3 is 2.90 bits per heavy atom. The quantitative estimate of drug-likeness (QED) is 0.667. The molecule has 1 heterocycles. The van der Waals surface area contributed by atoms with Gasteiger partial charge in [0.1, 0.15) is 5.69 Å². The Labute approximate surface area is 125 Å². The van der Waals surface area contributed by atoms with Gasteiger partial charge >= 0.3 is 0 Å². The summed E-state index contributed by atoms with van der Waals surface area (Å²) in [5, 5.41) is 13.8. The van der Waals surface area contributed by atoms with Gasteiger partial charge in [0, 0.05) is 33.3 Å². The molecule has 2 rings (SSSR count). The molecule has 6 nitrogen and oxygen atoms in total. The molecule has 1 unspecified atom stereocenters. The third-order valence-electron chi connectivity index (χ3n) is 4.16. The van der Waals surface area contributed by atoms with Gasteiger partial charge in [-0.25, -0.2) is 0 Å². The smallest absolute Gasteiger partial charge is 0.292 e. The van der Waals surface area contributed by atoms with E-state index in [1.54, 1.807) is 20.2 Å². The number of piperidine rings is 1. The second kappa shape index (κ2) is 6.41. The maximum atomic E-state index is 10.9. The lowest BCUT2D eigenvalue weighted by Crippen LogP contribution is -2.46. The van der Waals surface area contributed by atoms with Crippen LogP contribution < -0.4 is 5.32 Å². The van der Waals surface area contributed by atoms with E-state index in [2.05, 4.69) is 17.1 Å². The molecule has 6 heteroatoms. The van der Waals surface area contributed by atoms with Crippen molar-refractivity contribution in [2.75, 3.05) is 32.6 Å². The highest BCUT2D eigenvalue weighted by atomic mass is 16.6. The molecule has 1 aromatic carbocycles. The third kappa shape index (κ3) is 3.71. The molecule has 0 bridgehead atoms. The maximum absolute atomic E-state index is 10.9. The number of nitro benzene ring substituents is 1. The van der Waals surface area contributed by atoms with Crippen LogP contribution in [0.2, 0.25) is 0 Å². The first-order valence-corrected chi connectivity index (χ1v) is 7.20. The van der Waals surface area contributed by atoms with Crippen LogP contribution in [0.4, 0.5) is 11.4 Å². The summed E-state index contributed by atoms with van der Waals surface area (Å²) >= 11 is 0. The molecule has 1 atom stereocenters. The standard InChI is InChI=1S/C15H23N3O3/c1-15(21-3)7-4-8-17(11-15)10-12-5-6-14(18(19)20)13(9-12)16-2/h5-6,9,16H,4,7-8,10-11H2,1-3H3. The molecule has 0 radical (unpaired) electrons. The average molecular weight is 293 g/mol. The minimum absolute atomic E-state index is 0.0924. The number of nitrogens with one attached hydrogen (secondary N) is 1. The zero-order valence-electron chi connectivity index (χ0n) is 12.9. The summed E-state index contributed by atoms with van der Waals surface area (Å²) in [6.07, 6.45) is 2.18. The van der Waals surface area contributed by atoms with E-state index < -0.39 is 0 Å². The molecule has 116 valence electrons. The first-order chi connectivity index (χ1) is 9.97. The van der Waals surface area contributed by atoms with E-state index in [0.717, 1.165) is 38.0 Å². The van der Waals surface area contributed by atoms with Crippen molar-refractivity contribution in [3.8, 4) is 0 Å². The first-order valence-electron chi connectivity index (χ1n) is 7.20. The van der Waals surface area contributed by atoms with E-state index in [-0.39, 0.29) is 16.2 Å². The van der Waals surface area contributed by atoms with Crippen molar-refractivity contribution in [1.29, 1.82) is 0 Å². The molecule has 1 N–H and O–H groups in total. The fourth-order valence-corrected chi connectivity index (χ4v) is 2.91. The van der Waals surface area contributed by atoms with Crippen molar-refractivity contribution in [2.45, 2.75) is 31.9 Å². The number of hydrogen-bond acceptors (Lipinski definition) is 5. The predicted octanol–water partition coefficient (Wildman–Crippen LogP) is 2.64. The van der Waals surface area contributed by atoms with Gasteiger partial charge < -0.3 is 10.1 Å². The fraction of sp³-hybridized carbons (Fsp3) is 0.600. The van der Waals surface area contributed by atoms with Gasteiger partial charge in [0.15, 0.2) is 0 Å². The lowest BCUT2D eigenvalue weighted by Gasteiger charge is -2.39. The second-order valence-electron chi connectivity index (χ2n) is 5.83. The van der Waals surface area contributed by atoms with Gasteiger partial charge in [0.25, 0.3) is 5.69 Å². The van der Waals surface area contributed by atoms with Gasteiger partial charge in [-0.05, 0) is 37.9 Å². The molecule has 0 saturated carbocycles. The summed E-state index contributed by atoms with van der Waals surface area (Å²) in [6, 6.07) is 5.26. The molecule has 1 aliphatic heterocycles. The van der Waals surface area contributed by atoms with E-state index >= 15 is 0 Å². The Balaban J connectivity index is 2.11. The number of hydrogen-bond donors (Lipinski definition) is 1. The van der Waals surface area contributed by atoms with Crippen molar-refractivity contribution in [3.63, 3.8) is 0 Å². The fourth-order valence-electron chi connectivity index (χ4n) is 2.91. The molecule has 0 spiro atoms. The molecule has 21 heavy (non-hydrogen) atoms. The molecule has 0 aromatic heterocycles. The average Bonchev–Trinajstić information content (AvgIpc) is 2.47. The summed E-state index contributed by atoms with van der Waals surface area (Å²) in [5.41, 5.74) is 1.65. The number of benzene rings is 1. The van der Waals surface area contributed by atoms with Crippen molar-refractivity contribution in [1.82, 2.24) is 4.90 Å². The monoisotopic (exact) mass is 293 g/mol. The van der Waals surface area contributed by atoms with Crippen LogP contribution in [0.15, 0.2) is 18.2 Å². The molecule has 1 aliphatic rings. The Hall–Kier alpha value is -1.66. The maximum Gasteiger partial charge on any atom is 0.292 e. The van der Waals surface area contributed by atoms with E-state index in [0.29, 0.717) is 5.69 Å². The van der Waals surface area contributed by atoms with Crippen LogP contribution in [-0.4, -0.2) is 42.7 Å². The highest BCUT2D eigenvalue weighted by Gasteiger charge is 2.30. The summed E-state index contributed by atoms with van der Waals surface area (Å²) in [6.45, 7) is 4.83. The molecule has 1 saturated heterocycles. The number of likely N-dealkylation sites (tertiary alicyclic amines) is 1. The number of nitrogens with zero attached hydrogens (tertiary/aromatic N) is 2. The number of ether oxygens (including phenoxy) is 1. The predicted molar refractivity (Wildman–Crippen MR) is 82.6 cm³/mol. The van der Waals surface area contributed by atoms with Gasteiger partial charge in [-0.15, -0.1) is 0 Å². The molecule has 1 fully saturated rings. The van der Waals surface area contributed by atoms with Gasteiger partial charge in [-0.2, -0.15) is 0 Å². The summed E-state index contributed by atoms with van der Waals surface area (Å²) < 4.78 is 5.60. The summed E-state index contributed by atoms with van der Waals surface area (Å²) in [5.74, 6) is 0. The first kappa shape index (κ1) is 15.7. The van der Waals surface area contributed by atoms with Crippen LogP contribution in [0.25, 0.3) is 0 Å². The Morgan fingerprint density at radius 1 is 1.52 bits per heavy atom. The zero-order valence-corrected chi connectivity index (χ0v) is 12.9. The van der Waals surface area contributed by atoms with Crippen molar-refractivity contribution in [2.24, 2.45) is 0 Å². The van der Waals surface area contributed by atoms with Gasteiger partial charge in [0.2, 0.25) is 0 Å². The van der Waals surface area contributed by atoms with Gasteiger partial charge in [0.05, 0.1) is 10.5 Å². The SMILES string of the molecule is CNc1cc(CN2CCCC(C)(OC)C2)ccc1[N+](=O)[O-]. The summed E-state index contributed by atoms with van der Waals surface area (Å²) in [7, 11) is 3.46. The van der Waals surface area contributed by atoms with Gasteiger partial charge in [-0.3, -0.25) is 15.0 Å². The molecule has 1 aromatic rings. The Morgan fingerprint density at radius 2 is 2.29 bits per heavy atom. The summed E-state index contributed by atoms with van der Waals surface area (Å²) in [4.78, 5) is 12.9. The lowest BCUT2D eigenvalue weighted by atomic mass is 9.94. The van der Waals surface area contributed by atoms with Gasteiger partial charge in [-0.1, -0.05) is 6.07 Å². The van der Waals surface area contributed by atoms with Crippen molar-refractivity contribution in [3.05, 3.63) is 33.9 Å². The number of anilines is 1. The van der Waals surface area contributed by atoms with Crippen LogP contribution in [0, 0.1) is 10.1 Å². The van der Waals surface area contributed by atoms with Crippen molar-refractivity contribution < 1.29 is 9.66 Å². The molecule has 0 amide bonds. The molecular formula is C15H23N3O3. The highest BCUT2D eigenvalue weighted by Crippen LogP contribution is 2.28. The van der Waals surface area contributed by atoms with E-state index in [4.69, 9.17) is 4.74 Å². The van der Waals surface area contributed by atoms with Crippen molar-refractivity contribution >= 4 is 11.4 Å². The Kier molecular flexibility index (Phi) is 4.80. The largest absolute Gasteiger partial charge is 0.383 e. The van der Waals surface area contributed by atoms with E-state index in [1.807, 2.05) is 12.1 Å². The second-order valence-corrected chi connectivity index (χ2v) is 5.83. The number of rotatable bonds is 5. The third-order valence-corrected chi connectivity index (χ3v) is 4.16. The van der Waals surface area contributed by atoms with Crippen LogP contribution >= 0.6 is 0 Å². The number of methoxy groups -OCH3 is 1. The van der Waals surface area contributed by atoms with Crippen LogP contribution in [-0.2, 0) is 11.3 Å². The highest BCUT2D eigenvalue weighted by molar-refractivity contribution is 5.62. The molecular weight excluding hydrogens is 270 g/mol. The minimum atomic E-state index is -0.363. The zero-order chi connectivity index (χ0) is 15.5. The van der Waals surface area contributed by atoms with E-state index in [1.165, 1.54) is 0 Å². The molecule has 0 aliphatic carbocycles. The lowest BCUT2D eigenvalue weighted by molar-refractivity contribution is -0.384. The van der Waals surface area contributed by atoms with Crippen LogP contribution in [0.3, 0.4) is 0 Å². The minimum Gasteiger partial charge on any atom is -0.383 e.